The standard InChI is InChI=1S/C14H26N2O/c1-12(2)9-13(10-15)6-7-16(3)11-14-5-4-8-17-14/h4-5,8,12-13H,6-7,9-11,15H2,1-3H3. The smallest absolute Gasteiger partial charge is 0.117 e. The molecule has 1 unspecified atom stereocenters. The first-order valence-electron chi connectivity index (χ1n) is 6.52. The lowest BCUT2D eigenvalue weighted by Gasteiger charge is -2.21. The second-order valence-electron chi connectivity index (χ2n) is 5.34. The number of nitrogens with two attached hydrogens (primary N) is 1. The van der Waals surface area contributed by atoms with E-state index in [0.29, 0.717) is 5.92 Å². The third kappa shape index (κ3) is 5.89. The number of nitrogens with zero attached hydrogens (tertiary/aromatic N) is 1. The maximum Gasteiger partial charge on any atom is 0.117 e. The molecule has 0 spiro atoms. The van der Waals surface area contributed by atoms with E-state index in [0.717, 1.165) is 31.3 Å². The molecule has 0 aliphatic heterocycles. The van der Waals surface area contributed by atoms with Gasteiger partial charge in [-0.3, -0.25) is 4.90 Å². The Morgan fingerprint density at radius 2 is 2.18 bits per heavy atom. The van der Waals surface area contributed by atoms with Gasteiger partial charge in [0.1, 0.15) is 5.76 Å². The molecule has 0 saturated carbocycles. The average Bonchev–Trinajstić information content (AvgIpc) is 2.76. The van der Waals surface area contributed by atoms with E-state index in [-0.39, 0.29) is 0 Å². The van der Waals surface area contributed by atoms with Crippen LogP contribution in [0.25, 0.3) is 0 Å². The highest BCUT2D eigenvalue weighted by Gasteiger charge is 2.11. The molecule has 0 aliphatic carbocycles. The zero-order valence-electron chi connectivity index (χ0n) is 11.4. The molecule has 98 valence electrons. The van der Waals surface area contributed by atoms with E-state index in [2.05, 4.69) is 25.8 Å². The van der Waals surface area contributed by atoms with Gasteiger partial charge in [0.05, 0.1) is 12.8 Å². The summed E-state index contributed by atoms with van der Waals surface area (Å²) in [4.78, 5) is 2.29. The third-order valence-electron chi connectivity index (χ3n) is 3.06. The second kappa shape index (κ2) is 7.51. The Balaban J connectivity index is 2.24. The van der Waals surface area contributed by atoms with Gasteiger partial charge in [-0.1, -0.05) is 13.8 Å². The van der Waals surface area contributed by atoms with Crippen molar-refractivity contribution in [2.75, 3.05) is 20.1 Å². The SMILES string of the molecule is CC(C)CC(CN)CCN(C)Cc1ccco1. The van der Waals surface area contributed by atoms with Gasteiger partial charge in [0.25, 0.3) is 0 Å². The third-order valence-corrected chi connectivity index (χ3v) is 3.06. The van der Waals surface area contributed by atoms with Crippen molar-refractivity contribution in [2.24, 2.45) is 17.6 Å². The van der Waals surface area contributed by atoms with E-state index < -0.39 is 0 Å². The lowest BCUT2D eigenvalue weighted by Crippen LogP contribution is -2.25. The van der Waals surface area contributed by atoms with Gasteiger partial charge < -0.3 is 10.2 Å². The molecule has 3 heteroatoms. The molecule has 0 bridgehead atoms. The molecule has 0 fully saturated rings. The summed E-state index contributed by atoms with van der Waals surface area (Å²) < 4.78 is 5.34. The molecule has 0 aliphatic rings. The van der Waals surface area contributed by atoms with E-state index in [9.17, 15) is 0 Å². The van der Waals surface area contributed by atoms with Crippen LogP contribution in [0.2, 0.25) is 0 Å². The number of hydrogen-bond donors (Lipinski definition) is 1. The van der Waals surface area contributed by atoms with Crippen molar-refractivity contribution in [1.29, 1.82) is 0 Å². The van der Waals surface area contributed by atoms with Gasteiger partial charge in [0, 0.05) is 0 Å². The molecule has 0 saturated heterocycles. The van der Waals surface area contributed by atoms with Crippen LogP contribution in [0.1, 0.15) is 32.4 Å². The fourth-order valence-electron chi connectivity index (χ4n) is 2.15. The summed E-state index contributed by atoms with van der Waals surface area (Å²) >= 11 is 0. The van der Waals surface area contributed by atoms with Gasteiger partial charge in [-0.15, -0.1) is 0 Å². The van der Waals surface area contributed by atoms with Crippen LogP contribution in [0, 0.1) is 11.8 Å². The molecule has 1 rings (SSSR count). The monoisotopic (exact) mass is 238 g/mol. The van der Waals surface area contributed by atoms with Crippen LogP contribution in [-0.4, -0.2) is 25.0 Å². The molecule has 1 atom stereocenters. The van der Waals surface area contributed by atoms with Crippen molar-refractivity contribution in [2.45, 2.75) is 33.2 Å². The Kier molecular flexibility index (Phi) is 6.30. The highest BCUT2D eigenvalue weighted by molar-refractivity contribution is 4.97. The van der Waals surface area contributed by atoms with Crippen LogP contribution in [0.3, 0.4) is 0 Å². The van der Waals surface area contributed by atoms with Crippen molar-refractivity contribution in [3.63, 3.8) is 0 Å². The van der Waals surface area contributed by atoms with Crippen LogP contribution >= 0.6 is 0 Å². The van der Waals surface area contributed by atoms with E-state index in [1.54, 1.807) is 6.26 Å². The Hall–Kier alpha value is -0.800. The highest BCUT2D eigenvalue weighted by Crippen LogP contribution is 2.15. The minimum absolute atomic E-state index is 0.647. The van der Waals surface area contributed by atoms with E-state index in [1.807, 2.05) is 12.1 Å². The highest BCUT2D eigenvalue weighted by atomic mass is 16.3. The van der Waals surface area contributed by atoms with Crippen LogP contribution in [0.15, 0.2) is 22.8 Å². The predicted octanol–water partition coefficient (Wildman–Crippen LogP) is 2.72. The topological polar surface area (TPSA) is 42.4 Å². The normalized spacial score (nSPS) is 13.5. The summed E-state index contributed by atoms with van der Waals surface area (Å²) in [5.41, 5.74) is 5.81. The van der Waals surface area contributed by atoms with Gasteiger partial charge in [-0.2, -0.15) is 0 Å². The molecule has 17 heavy (non-hydrogen) atoms. The summed E-state index contributed by atoms with van der Waals surface area (Å²) in [5.74, 6) is 2.41. The van der Waals surface area contributed by atoms with Crippen molar-refractivity contribution in [1.82, 2.24) is 4.90 Å². The van der Waals surface area contributed by atoms with Crippen molar-refractivity contribution in [3.8, 4) is 0 Å². The van der Waals surface area contributed by atoms with Crippen LogP contribution in [0.5, 0.6) is 0 Å². The first-order valence-corrected chi connectivity index (χ1v) is 6.52. The van der Waals surface area contributed by atoms with E-state index in [4.69, 9.17) is 10.2 Å². The molecule has 0 radical (unpaired) electrons. The quantitative estimate of drug-likeness (QED) is 0.757. The van der Waals surface area contributed by atoms with Crippen LogP contribution < -0.4 is 5.73 Å². The van der Waals surface area contributed by atoms with Gasteiger partial charge in [-0.25, -0.2) is 0 Å². The Bertz CT molecular complexity index is 282. The van der Waals surface area contributed by atoms with Gasteiger partial charge in [0.15, 0.2) is 0 Å². The first kappa shape index (κ1) is 14.3. The van der Waals surface area contributed by atoms with Crippen LogP contribution in [0.4, 0.5) is 0 Å². The number of hydrogen-bond acceptors (Lipinski definition) is 3. The largest absolute Gasteiger partial charge is 0.468 e. The summed E-state index contributed by atoms with van der Waals surface area (Å²) in [6, 6.07) is 3.95. The van der Waals surface area contributed by atoms with E-state index in [1.165, 1.54) is 12.8 Å². The molecule has 1 heterocycles. The molecule has 0 amide bonds. The minimum atomic E-state index is 0.647. The molecular weight excluding hydrogens is 212 g/mol. The lowest BCUT2D eigenvalue weighted by atomic mass is 9.94. The van der Waals surface area contributed by atoms with Crippen molar-refractivity contribution in [3.05, 3.63) is 24.2 Å². The maximum absolute atomic E-state index is 5.81. The van der Waals surface area contributed by atoms with Crippen molar-refractivity contribution >= 4 is 0 Å². The van der Waals surface area contributed by atoms with E-state index >= 15 is 0 Å². The summed E-state index contributed by atoms with van der Waals surface area (Å²) in [7, 11) is 2.13. The lowest BCUT2D eigenvalue weighted by molar-refractivity contribution is 0.260. The fraction of sp³-hybridized carbons (Fsp3) is 0.714. The Morgan fingerprint density at radius 3 is 2.71 bits per heavy atom. The van der Waals surface area contributed by atoms with Gasteiger partial charge in [-0.05, 0) is 56.9 Å². The molecule has 1 aromatic heterocycles. The predicted molar refractivity (Wildman–Crippen MR) is 71.7 cm³/mol. The maximum atomic E-state index is 5.81. The first-order chi connectivity index (χ1) is 8.11. The Labute approximate surface area is 105 Å². The number of rotatable bonds is 8. The molecule has 3 nitrogen and oxygen atoms in total. The molecule has 1 aromatic rings. The second-order valence-corrected chi connectivity index (χ2v) is 5.34. The Morgan fingerprint density at radius 1 is 1.41 bits per heavy atom. The molecule has 0 aromatic carbocycles. The zero-order chi connectivity index (χ0) is 12.7. The molecule has 2 N–H and O–H groups in total. The average molecular weight is 238 g/mol. The zero-order valence-corrected chi connectivity index (χ0v) is 11.4. The minimum Gasteiger partial charge on any atom is -0.468 e. The fourth-order valence-corrected chi connectivity index (χ4v) is 2.15. The van der Waals surface area contributed by atoms with Gasteiger partial charge >= 0.3 is 0 Å². The van der Waals surface area contributed by atoms with Crippen molar-refractivity contribution < 1.29 is 4.42 Å². The van der Waals surface area contributed by atoms with Gasteiger partial charge in [0.2, 0.25) is 0 Å². The summed E-state index contributed by atoms with van der Waals surface area (Å²) in [6.45, 7) is 7.28. The van der Waals surface area contributed by atoms with Crippen LogP contribution in [-0.2, 0) is 6.54 Å². The molecular formula is C14H26N2O. The number of furan rings is 1. The summed E-state index contributed by atoms with van der Waals surface area (Å²) in [5, 5.41) is 0. The summed E-state index contributed by atoms with van der Waals surface area (Å²) in [6.07, 6.45) is 4.13.